The topological polar surface area (TPSA) is 63.3 Å². The molecule has 0 aliphatic heterocycles. The monoisotopic (exact) mass is 261 g/mol. The van der Waals surface area contributed by atoms with Gasteiger partial charge in [0.2, 0.25) is 0 Å². The second-order valence-corrected chi connectivity index (χ2v) is 4.40. The summed E-state index contributed by atoms with van der Waals surface area (Å²) in [5.41, 5.74) is 9.05. The number of carboxylic acids is 1. The van der Waals surface area contributed by atoms with Gasteiger partial charge < -0.3 is 10.8 Å². The first kappa shape index (κ1) is 12.5. The van der Waals surface area contributed by atoms with Crippen molar-refractivity contribution in [2.45, 2.75) is 6.92 Å². The molecule has 2 rings (SSSR count). The van der Waals surface area contributed by atoms with E-state index < -0.39 is 5.97 Å². The average molecular weight is 262 g/mol. The Labute approximate surface area is 110 Å². The smallest absolute Gasteiger partial charge is 0.337 e. The molecule has 0 saturated carbocycles. The van der Waals surface area contributed by atoms with Crippen molar-refractivity contribution in [3.63, 3.8) is 0 Å². The molecule has 3 nitrogen and oxygen atoms in total. The van der Waals surface area contributed by atoms with Crippen LogP contribution in [0.1, 0.15) is 15.9 Å². The highest BCUT2D eigenvalue weighted by Crippen LogP contribution is 2.31. The lowest BCUT2D eigenvalue weighted by molar-refractivity contribution is 0.0697. The van der Waals surface area contributed by atoms with Gasteiger partial charge >= 0.3 is 5.97 Å². The molecule has 2 aromatic rings. The summed E-state index contributed by atoms with van der Waals surface area (Å²) >= 11 is 6.07. The highest BCUT2D eigenvalue weighted by Gasteiger charge is 2.14. The van der Waals surface area contributed by atoms with Crippen molar-refractivity contribution in [3.8, 4) is 11.1 Å². The molecule has 0 radical (unpaired) electrons. The molecule has 2 aromatic carbocycles. The Bertz CT molecular complexity index is 606. The van der Waals surface area contributed by atoms with Gasteiger partial charge in [-0.2, -0.15) is 0 Å². The van der Waals surface area contributed by atoms with Gasteiger partial charge in [-0.25, -0.2) is 4.79 Å². The molecule has 0 heterocycles. The number of aromatic carboxylic acids is 1. The van der Waals surface area contributed by atoms with Gasteiger partial charge in [-0.05, 0) is 41.8 Å². The van der Waals surface area contributed by atoms with E-state index in [1.807, 2.05) is 12.1 Å². The Morgan fingerprint density at radius 1 is 1.17 bits per heavy atom. The molecule has 0 saturated heterocycles. The van der Waals surface area contributed by atoms with Crippen LogP contribution in [-0.2, 0) is 0 Å². The molecule has 0 aliphatic rings. The Hall–Kier alpha value is -2.00. The third-order valence-corrected chi connectivity index (χ3v) is 3.33. The molecule has 4 heteroatoms. The third kappa shape index (κ3) is 2.17. The highest BCUT2D eigenvalue weighted by molar-refractivity contribution is 6.34. The second-order valence-electron chi connectivity index (χ2n) is 4.03. The number of carboxylic acid groups (broad SMARTS) is 1. The molecule has 0 atom stereocenters. The van der Waals surface area contributed by atoms with Gasteiger partial charge in [0.15, 0.2) is 0 Å². The summed E-state index contributed by atoms with van der Waals surface area (Å²) in [6.45, 7) is 1.81. The third-order valence-electron chi connectivity index (χ3n) is 2.84. The summed E-state index contributed by atoms with van der Waals surface area (Å²) in [4.78, 5) is 11.0. The maximum atomic E-state index is 11.0. The standard InChI is InChI=1S/C14H12ClNO2/c1-8-11(9-2-4-10(16)5-3-9)6-7-12(13(8)15)14(17)18/h2-7H,16H2,1H3,(H,17,18). The average Bonchev–Trinajstić information content (AvgIpc) is 2.33. The summed E-state index contributed by atoms with van der Waals surface area (Å²) in [6.07, 6.45) is 0. The fourth-order valence-electron chi connectivity index (χ4n) is 1.83. The molecule has 0 unspecified atom stereocenters. The molecule has 3 N–H and O–H groups in total. The first-order valence-electron chi connectivity index (χ1n) is 5.39. The molecule has 0 bridgehead atoms. The van der Waals surface area contributed by atoms with E-state index in [0.717, 1.165) is 16.7 Å². The fraction of sp³-hybridized carbons (Fsp3) is 0.0714. The number of hydrogen-bond donors (Lipinski definition) is 2. The number of nitrogen functional groups attached to an aromatic ring is 1. The Morgan fingerprint density at radius 3 is 2.33 bits per heavy atom. The number of hydrogen-bond acceptors (Lipinski definition) is 2. The second kappa shape index (κ2) is 4.70. The summed E-state index contributed by atoms with van der Waals surface area (Å²) < 4.78 is 0. The highest BCUT2D eigenvalue weighted by atomic mass is 35.5. The van der Waals surface area contributed by atoms with Crippen molar-refractivity contribution in [3.05, 3.63) is 52.5 Å². The van der Waals surface area contributed by atoms with Crippen molar-refractivity contribution in [1.29, 1.82) is 0 Å². The van der Waals surface area contributed by atoms with Gasteiger partial charge in [-0.15, -0.1) is 0 Å². The van der Waals surface area contributed by atoms with Crippen molar-refractivity contribution in [2.75, 3.05) is 5.73 Å². The summed E-state index contributed by atoms with van der Waals surface area (Å²) in [5, 5.41) is 9.26. The molecule has 0 aromatic heterocycles. The van der Waals surface area contributed by atoms with Crippen LogP contribution in [0.15, 0.2) is 36.4 Å². The Morgan fingerprint density at radius 2 is 1.78 bits per heavy atom. The van der Waals surface area contributed by atoms with E-state index in [-0.39, 0.29) is 10.6 Å². The van der Waals surface area contributed by atoms with Crippen LogP contribution in [0.4, 0.5) is 5.69 Å². The van der Waals surface area contributed by atoms with Crippen LogP contribution in [0.5, 0.6) is 0 Å². The number of anilines is 1. The largest absolute Gasteiger partial charge is 0.478 e. The maximum Gasteiger partial charge on any atom is 0.337 e. The zero-order chi connectivity index (χ0) is 13.3. The molecule has 0 fully saturated rings. The first-order chi connectivity index (χ1) is 8.50. The van der Waals surface area contributed by atoms with Crippen LogP contribution in [0.3, 0.4) is 0 Å². The number of rotatable bonds is 2. The Balaban J connectivity index is 2.57. The number of halogens is 1. The van der Waals surface area contributed by atoms with Crippen LogP contribution in [0, 0.1) is 6.92 Å². The van der Waals surface area contributed by atoms with E-state index in [1.165, 1.54) is 6.07 Å². The van der Waals surface area contributed by atoms with Crippen molar-refractivity contribution < 1.29 is 9.90 Å². The minimum atomic E-state index is -1.02. The predicted octanol–water partition coefficient (Wildman–Crippen LogP) is 3.60. The Kier molecular flexibility index (Phi) is 3.26. The maximum absolute atomic E-state index is 11.0. The first-order valence-corrected chi connectivity index (χ1v) is 5.77. The SMILES string of the molecule is Cc1c(-c2ccc(N)cc2)ccc(C(=O)O)c1Cl. The van der Waals surface area contributed by atoms with Crippen LogP contribution in [0.25, 0.3) is 11.1 Å². The van der Waals surface area contributed by atoms with E-state index in [1.54, 1.807) is 25.1 Å². The van der Waals surface area contributed by atoms with E-state index in [4.69, 9.17) is 22.4 Å². The van der Waals surface area contributed by atoms with E-state index in [9.17, 15) is 4.79 Å². The lowest BCUT2D eigenvalue weighted by atomic mass is 9.98. The van der Waals surface area contributed by atoms with Crippen molar-refractivity contribution in [1.82, 2.24) is 0 Å². The van der Waals surface area contributed by atoms with E-state index in [2.05, 4.69) is 0 Å². The zero-order valence-corrected chi connectivity index (χ0v) is 10.5. The summed E-state index contributed by atoms with van der Waals surface area (Å²) in [7, 11) is 0. The number of carbonyl (C=O) groups is 1. The predicted molar refractivity (Wildman–Crippen MR) is 73.0 cm³/mol. The van der Waals surface area contributed by atoms with Gasteiger partial charge in [-0.1, -0.05) is 29.8 Å². The molecular weight excluding hydrogens is 250 g/mol. The molecule has 0 spiro atoms. The van der Waals surface area contributed by atoms with Crippen LogP contribution in [0.2, 0.25) is 5.02 Å². The normalized spacial score (nSPS) is 10.3. The van der Waals surface area contributed by atoms with E-state index >= 15 is 0 Å². The lowest BCUT2D eigenvalue weighted by Gasteiger charge is -2.10. The van der Waals surface area contributed by atoms with Crippen LogP contribution < -0.4 is 5.73 Å². The van der Waals surface area contributed by atoms with Crippen LogP contribution >= 0.6 is 11.6 Å². The zero-order valence-electron chi connectivity index (χ0n) is 9.77. The van der Waals surface area contributed by atoms with Gasteiger partial charge in [0, 0.05) is 5.69 Å². The summed E-state index contributed by atoms with van der Waals surface area (Å²) in [6, 6.07) is 10.6. The number of nitrogens with two attached hydrogens (primary N) is 1. The van der Waals surface area contributed by atoms with Gasteiger partial charge in [0.05, 0.1) is 10.6 Å². The lowest BCUT2D eigenvalue weighted by Crippen LogP contribution is -1.99. The van der Waals surface area contributed by atoms with Gasteiger partial charge in [-0.3, -0.25) is 0 Å². The van der Waals surface area contributed by atoms with Crippen LogP contribution in [-0.4, -0.2) is 11.1 Å². The van der Waals surface area contributed by atoms with Gasteiger partial charge in [0.1, 0.15) is 0 Å². The van der Waals surface area contributed by atoms with Crippen molar-refractivity contribution in [2.24, 2.45) is 0 Å². The minimum Gasteiger partial charge on any atom is -0.478 e. The quantitative estimate of drug-likeness (QED) is 0.812. The fourth-order valence-corrected chi connectivity index (χ4v) is 2.07. The number of benzene rings is 2. The minimum absolute atomic E-state index is 0.119. The molecule has 18 heavy (non-hydrogen) atoms. The molecule has 92 valence electrons. The van der Waals surface area contributed by atoms with E-state index in [0.29, 0.717) is 5.69 Å². The van der Waals surface area contributed by atoms with Gasteiger partial charge in [0.25, 0.3) is 0 Å². The summed E-state index contributed by atoms with van der Waals surface area (Å²) in [5.74, 6) is -1.02. The molecular formula is C14H12ClNO2. The molecule has 0 aliphatic carbocycles. The van der Waals surface area contributed by atoms with Crippen molar-refractivity contribution >= 4 is 23.3 Å². The molecule has 0 amide bonds.